The van der Waals surface area contributed by atoms with Crippen LogP contribution >= 0.6 is 34.7 Å². The molecule has 0 spiro atoms. The first kappa shape index (κ1) is 19.9. The molecule has 0 saturated heterocycles. The second kappa shape index (κ2) is 8.14. The number of thioether (sulfide) groups is 1. The van der Waals surface area contributed by atoms with Crippen LogP contribution in [0.3, 0.4) is 0 Å². The lowest BCUT2D eigenvalue weighted by Gasteiger charge is -2.00. The lowest BCUT2D eigenvalue weighted by Crippen LogP contribution is -2.11. The van der Waals surface area contributed by atoms with Crippen LogP contribution in [0.5, 0.6) is 0 Å². The van der Waals surface area contributed by atoms with E-state index >= 15 is 0 Å². The van der Waals surface area contributed by atoms with E-state index < -0.39 is 5.91 Å². The Morgan fingerprint density at radius 1 is 1.28 bits per heavy atom. The molecule has 0 atom stereocenters. The number of furan rings is 1. The molecule has 0 bridgehead atoms. The maximum atomic E-state index is 13.7. The van der Waals surface area contributed by atoms with Gasteiger partial charge in [0.05, 0.1) is 0 Å². The number of amides is 1. The average molecular weight is 448 g/mol. The molecule has 2 aromatic heterocycles. The summed E-state index contributed by atoms with van der Waals surface area (Å²) >= 11 is 8.76. The monoisotopic (exact) mass is 447 g/mol. The Hall–Kier alpha value is -2.42. The predicted octanol–water partition coefficient (Wildman–Crippen LogP) is 6.24. The number of fused-ring (bicyclic) bond motifs is 1. The van der Waals surface area contributed by atoms with Gasteiger partial charge in [-0.3, -0.25) is 10.1 Å². The first-order valence-corrected chi connectivity index (χ1v) is 10.8. The van der Waals surface area contributed by atoms with Crippen LogP contribution < -0.4 is 5.32 Å². The molecule has 1 amide bonds. The molecule has 0 fully saturated rings. The number of rotatable bonds is 5. The number of aromatic nitrogens is 2. The number of halogens is 2. The lowest BCUT2D eigenvalue weighted by atomic mass is 10.1. The molecule has 5 nitrogen and oxygen atoms in total. The van der Waals surface area contributed by atoms with Crippen LogP contribution in [-0.4, -0.2) is 16.1 Å². The van der Waals surface area contributed by atoms with Crippen molar-refractivity contribution in [3.63, 3.8) is 0 Å². The Morgan fingerprint density at radius 2 is 2.07 bits per heavy atom. The van der Waals surface area contributed by atoms with Crippen molar-refractivity contribution in [3.8, 4) is 0 Å². The molecular formula is C20H15ClFN3O2S2. The van der Waals surface area contributed by atoms with Gasteiger partial charge in [0.25, 0.3) is 5.91 Å². The van der Waals surface area contributed by atoms with Crippen molar-refractivity contribution in [2.24, 2.45) is 0 Å². The van der Waals surface area contributed by atoms with Gasteiger partial charge in [0, 0.05) is 21.7 Å². The lowest BCUT2D eigenvalue weighted by molar-refractivity contribution is 0.0998. The zero-order valence-corrected chi connectivity index (χ0v) is 17.8. The average Bonchev–Trinajstić information content (AvgIpc) is 3.26. The molecule has 0 unspecified atom stereocenters. The Kier molecular flexibility index (Phi) is 5.58. The summed E-state index contributed by atoms with van der Waals surface area (Å²) in [5, 5.41) is 12.5. The molecule has 9 heteroatoms. The molecule has 4 rings (SSSR count). The summed E-state index contributed by atoms with van der Waals surface area (Å²) in [4.78, 5) is 12.7. The number of hydrogen-bond donors (Lipinski definition) is 1. The third-order valence-electron chi connectivity index (χ3n) is 4.36. The molecule has 4 aromatic rings. The van der Waals surface area contributed by atoms with Gasteiger partial charge in [-0.05, 0) is 43.2 Å². The molecule has 0 saturated carbocycles. The van der Waals surface area contributed by atoms with Crippen molar-refractivity contribution in [1.29, 1.82) is 0 Å². The minimum atomic E-state index is -0.408. The number of hydrogen-bond acceptors (Lipinski definition) is 6. The highest BCUT2D eigenvalue weighted by Crippen LogP contribution is 2.32. The number of nitrogens with zero attached hydrogens (tertiary/aromatic N) is 2. The van der Waals surface area contributed by atoms with Gasteiger partial charge in [-0.25, -0.2) is 4.39 Å². The Morgan fingerprint density at radius 3 is 2.86 bits per heavy atom. The summed E-state index contributed by atoms with van der Waals surface area (Å²) in [5.74, 6) is -0.0293. The number of aryl methyl sites for hydroxylation is 2. The highest BCUT2D eigenvalue weighted by molar-refractivity contribution is 8.00. The minimum absolute atomic E-state index is 0.206. The predicted molar refractivity (Wildman–Crippen MR) is 115 cm³/mol. The SMILES string of the molecule is Cc1cc2oc(C(=O)Nc3nnc(SCc4ccccc4F)s3)c(C)c2cc1Cl. The van der Waals surface area contributed by atoms with E-state index in [9.17, 15) is 9.18 Å². The molecule has 1 N–H and O–H groups in total. The zero-order chi connectivity index (χ0) is 20.5. The molecule has 148 valence electrons. The van der Waals surface area contributed by atoms with Gasteiger partial charge in [0.15, 0.2) is 10.1 Å². The minimum Gasteiger partial charge on any atom is -0.451 e. The van der Waals surface area contributed by atoms with Crippen LogP contribution in [0, 0.1) is 19.7 Å². The van der Waals surface area contributed by atoms with E-state index in [1.165, 1.54) is 29.2 Å². The van der Waals surface area contributed by atoms with E-state index in [1.807, 2.05) is 19.9 Å². The molecular weight excluding hydrogens is 433 g/mol. The second-order valence-electron chi connectivity index (χ2n) is 6.36. The summed E-state index contributed by atoms with van der Waals surface area (Å²) < 4.78 is 20.1. The van der Waals surface area contributed by atoms with Gasteiger partial charge in [-0.2, -0.15) is 0 Å². The standard InChI is InChI=1S/C20H15ClFN3O2S2/c1-10-7-16-13(8-14(10)21)11(2)17(27-16)18(26)23-19-24-25-20(29-19)28-9-12-5-3-4-6-15(12)22/h3-8H,9H2,1-2H3,(H,23,24,26). The van der Waals surface area contributed by atoms with Gasteiger partial charge >= 0.3 is 0 Å². The summed E-state index contributed by atoms with van der Waals surface area (Å²) in [5.41, 5.74) is 2.77. The third kappa shape index (κ3) is 4.14. The fraction of sp³-hybridized carbons (Fsp3) is 0.150. The number of carbonyl (C=O) groups excluding carboxylic acids is 1. The van der Waals surface area contributed by atoms with Crippen molar-refractivity contribution >= 4 is 56.7 Å². The third-order valence-corrected chi connectivity index (χ3v) is 6.79. The normalized spacial score (nSPS) is 11.2. The molecule has 0 aliphatic carbocycles. The van der Waals surface area contributed by atoms with Gasteiger partial charge in [-0.15, -0.1) is 10.2 Å². The molecule has 2 aromatic carbocycles. The van der Waals surface area contributed by atoms with Crippen LogP contribution in [0.15, 0.2) is 45.2 Å². The topological polar surface area (TPSA) is 68.0 Å². The molecule has 0 radical (unpaired) electrons. The second-order valence-corrected chi connectivity index (χ2v) is 8.97. The smallest absolute Gasteiger partial charge is 0.293 e. The van der Waals surface area contributed by atoms with Crippen molar-refractivity contribution in [2.75, 3.05) is 5.32 Å². The van der Waals surface area contributed by atoms with Gasteiger partial charge in [-0.1, -0.05) is 52.9 Å². The van der Waals surface area contributed by atoms with E-state index in [1.54, 1.807) is 24.3 Å². The van der Waals surface area contributed by atoms with Gasteiger partial charge in [0.2, 0.25) is 5.13 Å². The van der Waals surface area contributed by atoms with Crippen LogP contribution in [-0.2, 0) is 5.75 Å². The van der Waals surface area contributed by atoms with Crippen molar-refractivity contribution < 1.29 is 13.6 Å². The Labute approximate surface area is 179 Å². The van der Waals surface area contributed by atoms with Gasteiger partial charge in [0.1, 0.15) is 11.4 Å². The highest BCUT2D eigenvalue weighted by atomic mass is 35.5. The molecule has 0 aliphatic heterocycles. The number of anilines is 1. The quantitative estimate of drug-likeness (QED) is 0.290. The van der Waals surface area contributed by atoms with Crippen LogP contribution in [0.25, 0.3) is 11.0 Å². The number of carbonyl (C=O) groups is 1. The molecule has 2 heterocycles. The molecule has 0 aliphatic rings. The number of benzene rings is 2. The fourth-order valence-corrected chi connectivity index (χ4v) is 4.68. The van der Waals surface area contributed by atoms with Crippen molar-refractivity contribution in [1.82, 2.24) is 10.2 Å². The Balaban J connectivity index is 1.47. The Bertz CT molecular complexity index is 1220. The summed E-state index contributed by atoms with van der Waals surface area (Å²) in [6.07, 6.45) is 0. The van der Waals surface area contributed by atoms with Crippen LogP contribution in [0.1, 0.15) is 27.2 Å². The summed E-state index contributed by atoms with van der Waals surface area (Å²) in [7, 11) is 0. The summed E-state index contributed by atoms with van der Waals surface area (Å²) in [6.45, 7) is 3.68. The van der Waals surface area contributed by atoms with Gasteiger partial charge < -0.3 is 4.42 Å². The maximum absolute atomic E-state index is 13.7. The van der Waals surface area contributed by atoms with Crippen molar-refractivity contribution in [3.05, 3.63) is 69.7 Å². The fourth-order valence-electron chi connectivity index (χ4n) is 2.79. The maximum Gasteiger partial charge on any atom is 0.293 e. The summed E-state index contributed by atoms with van der Waals surface area (Å²) in [6, 6.07) is 10.2. The van der Waals surface area contributed by atoms with E-state index in [0.29, 0.717) is 37.0 Å². The first-order chi connectivity index (χ1) is 13.9. The van der Waals surface area contributed by atoms with Crippen LogP contribution in [0.4, 0.5) is 9.52 Å². The first-order valence-electron chi connectivity index (χ1n) is 8.62. The zero-order valence-electron chi connectivity index (χ0n) is 15.5. The van der Waals surface area contributed by atoms with E-state index in [2.05, 4.69) is 15.5 Å². The van der Waals surface area contributed by atoms with Crippen molar-refractivity contribution in [2.45, 2.75) is 23.9 Å². The van der Waals surface area contributed by atoms with E-state index in [4.69, 9.17) is 16.0 Å². The highest BCUT2D eigenvalue weighted by Gasteiger charge is 2.20. The number of nitrogens with one attached hydrogen (secondary N) is 1. The van der Waals surface area contributed by atoms with E-state index in [0.717, 1.165) is 10.9 Å². The van der Waals surface area contributed by atoms with E-state index in [-0.39, 0.29) is 11.6 Å². The van der Waals surface area contributed by atoms with Crippen LogP contribution in [0.2, 0.25) is 5.02 Å². The molecule has 29 heavy (non-hydrogen) atoms. The largest absolute Gasteiger partial charge is 0.451 e.